The fourth-order valence-corrected chi connectivity index (χ4v) is 5.55. The standard InChI is InChI=1S/C14H17BrO2S2/c15-10-4-3-5-11(8-10)19-13-7-2-1-6-12(13)18-9-14(16)17/h3-5,8,12-13H,1-2,6-7,9H2,(H,16,17). The third kappa shape index (κ3) is 5.04. The van der Waals surface area contributed by atoms with Crippen molar-refractivity contribution in [3.63, 3.8) is 0 Å². The lowest BCUT2D eigenvalue weighted by atomic mass is 10.00. The molecule has 104 valence electrons. The molecular weight excluding hydrogens is 344 g/mol. The van der Waals surface area contributed by atoms with Gasteiger partial charge in [0.1, 0.15) is 0 Å². The van der Waals surface area contributed by atoms with Crippen LogP contribution < -0.4 is 0 Å². The van der Waals surface area contributed by atoms with Crippen LogP contribution in [-0.2, 0) is 4.79 Å². The number of hydrogen-bond acceptors (Lipinski definition) is 3. The Morgan fingerprint density at radius 1 is 1.32 bits per heavy atom. The highest BCUT2D eigenvalue weighted by Gasteiger charge is 2.26. The topological polar surface area (TPSA) is 37.3 Å². The second kappa shape index (κ2) is 7.60. The van der Waals surface area contributed by atoms with Crippen molar-refractivity contribution in [2.75, 3.05) is 5.75 Å². The molecule has 0 spiro atoms. The van der Waals surface area contributed by atoms with Crippen LogP contribution in [0.3, 0.4) is 0 Å². The van der Waals surface area contributed by atoms with Crippen molar-refractivity contribution in [2.45, 2.75) is 41.1 Å². The average molecular weight is 361 g/mol. The second-order valence-corrected chi connectivity index (χ2v) is 8.10. The molecule has 0 heterocycles. The Kier molecular flexibility index (Phi) is 6.10. The molecule has 5 heteroatoms. The van der Waals surface area contributed by atoms with E-state index in [0.717, 1.165) is 10.9 Å². The maximum Gasteiger partial charge on any atom is 0.313 e. The first-order chi connectivity index (χ1) is 9.15. The van der Waals surface area contributed by atoms with E-state index in [1.165, 1.54) is 24.2 Å². The number of thioether (sulfide) groups is 2. The molecule has 19 heavy (non-hydrogen) atoms. The molecule has 1 saturated carbocycles. The summed E-state index contributed by atoms with van der Waals surface area (Å²) >= 11 is 7.00. The van der Waals surface area contributed by atoms with Gasteiger partial charge >= 0.3 is 5.97 Å². The van der Waals surface area contributed by atoms with Crippen LogP contribution in [0.1, 0.15) is 25.7 Å². The van der Waals surface area contributed by atoms with Crippen LogP contribution in [0, 0.1) is 0 Å². The zero-order valence-corrected chi connectivity index (χ0v) is 13.8. The predicted octanol–water partition coefficient (Wildman–Crippen LogP) is 4.67. The lowest BCUT2D eigenvalue weighted by Crippen LogP contribution is -2.25. The predicted molar refractivity (Wildman–Crippen MR) is 86.1 cm³/mol. The molecular formula is C14H17BrO2S2. The summed E-state index contributed by atoms with van der Waals surface area (Å²) in [5, 5.41) is 9.82. The third-order valence-electron chi connectivity index (χ3n) is 3.15. The van der Waals surface area contributed by atoms with Crippen molar-refractivity contribution in [1.29, 1.82) is 0 Å². The maximum absolute atomic E-state index is 10.7. The third-order valence-corrected chi connectivity index (χ3v) is 6.61. The summed E-state index contributed by atoms with van der Waals surface area (Å²) in [5.74, 6) is -0.484. The first-order valence-corrected chi connectivity index (χ1v) is 9.13. The minimum atomic E-state index is -0.707. The number of carboxylic acids is 1. The fourth-order valence-electron chi connectivity index (χ4n) is 2.28. The number of carboxylic acid groups (broad SMARTS) is 1. The normalized spacial score (nSPS) is 23.2. The first-order valence-electron chi connectivity index (χ1n) is 6.41. The Bertz CT molecular complexity index is 439. The van der Waals surface area contributed by atoms with Crippen LogP contribution in [0.2, 0.25) is 0 Å². The Hall–Kier alpha value is -0.130. The molecule has 1 aromatic rings. The molecule has 0 radical (unpaired) electrons. The summed E-state index contributed by atoms with van der Waals surface area (Å²) in [6, 6.07) is 8.34. The van der Waals surface area contributed by atoms with Gasteiger partial charge in [0.25, 0.3) is 0 Å². The van der Waals surface area contributed by atoms with Crippen LogP contribution in [-0.4, -0.2) is 27.3 Å². The van der Waals surface area contributed by atoms with Crippen LogP contribution in [0.4, 0.5) is 0 Å². The number of carbonyl (C=O) groups is 1. The monoisotopic (exact) mass is 360 g/mol. The van der Waals surface area contributed by atoms with E-state index in [4.69, 9.17) is 5.11 Å². The number of rotatable bonds is 5. The summed E-state index contributed by atoms with van der Waals surface area (Å²) in [6.07, 6.45) is 4.82. The number of benzene rings is 1. The van der Waals surface area contributed by atoms with E-state index < -0.39 is 5.97 Å². The summed E-state index contributed by atoms with van der Waals surface area (Å²) in [7, 11) is 0. The van der Waals surface area contributed by atoms with E-state index in [2.05, 4.69) is 34.1 Å². The molecule has 1 aliphatic carbocycles. The van der Waals surface area contributed by atoms with Gasteiger partial charge in [0.2, 0.25) is 0 Å². The van der Waals surface area contributed by atoms with Gasteiger partial charge in [0.05, 0.1) is 5.75 Å². The number of aliphatic carboxylic acids is 1. The van der Waals surface area contributed by atoms with Crippen molar-refractivity contribution in [2.24, 2.45) is 0 Å². The molecule has 2 atom stereocenters. The average Bonchev–Trinajstić information content (AvgIpc) is 2.38. The van der Waals surface area contributed by atoms with Crippen molar-refractivity contribution in [1.82, 2.24) is 0 Å². The summed E-state index contributed by atoms with van der Waals surface area (Å²) in [6.45, 7) is 0. The van der Waals surface area contributed by atoms with Gasteiger partial charge in [0.15, 0.2) is 0 Å². The van der Waals surface area contributed by atoms with Gasteiger partial charge in [0, 0.05) is 19.9 Å². The lowest BCUT2D eigenvalue weighted by Gasteiger charge is -2.30. The molecule has 0 bridgehead atoms. The van der Waals surface area contributed by atoms with Crippen molar-refractivity contribution >= 4 is 45.4 Å². The van der Waals surface area contributed by atoms with Gasteiger partial charge in [-0.1, -0.05) is 34.8 Å². The molecule has 1 N–H and O–H groups in total. The quantitative estimate of drug-likeness (QED) is 0.827. The number of hydrogen-bond donors (Lipinski definition) is 1. The van der Waals surface area contributed by atoms with Gasteiger partial charge in [-0.3, -0.25) is 4.79 Å². The van der Waals surface area contributed by atoms with E-state index in [1.54, 1.807) is 11.8 Å². The Labute approximate surface area is 130 Å². The highest BCUT2D eigenvalue weighted by atomic mass is 79.9. The Morgan fingerprint density at radius 2 is 2.05 bits per heavy atom. The minimum absolute atomic E-state index is 0.222. The van der Waals surface area contributed by atoms with E-state index in [0.29, 0.717) is 10.5 Å². The van der Waals surface area contributed by atoms with Crippen molar-refractivity contribution in [3.05, 3.63) is 28.7 Å². The van der Waals surface area contributed by atoms with Crippen LogP contribution >= 0.6 is 39.5 Å². The summed E-state index contributed by atoms with van der Waals surface area (Å²) < 4.78 is 1.10. The molecule has 0 aromatic heterocycles. The van der Waals surface area contributed by atoms with Crippen LogP contribution in [0.5, 0.6) is 0 Å². The first kappa shape index (κ1) is 15.3. The Balaban J connectivity index is 1.97. The van der Waals surface area contributed by atoms with E-state index in [9.17, 15) is 4.79 Å². The zero-order valence-electron chi connectivity index (χ0n) is 10.5. The van der Waals surface area contributed by atoms with Gasteiger partial charge in [-0.05, 0) is 31.0 Å². The molecule has 2 unspecified atom stereocenters. The molecule has 2 nitrogen and oxygen atoms in total. The van der Waals surface area contributed by atoms with E-state index in [-0.39, 0.29) is 5.75 Å². The van der Waals surface area contributed by atoms with Crippen molar-refractivity contribution < 1.29 is 9.90 Å². The molecule has 1 aromatic carbocycles. The van der Waals surface area contributed by atoms with Gasteiger partial charge in [-0.25, -0.2) is 0 Å². The molecule has 1 fully saturated rings. The Morgan fingerprint density at radius 3 is 2.74 bits per heavy atom. The molecule has 0 amide bonds. The second-order valence-electron chi connectivity index (χ2n) is 4.64. The van der Waals surface area contributed by atoms with Crippen LogP contribution in [0.25, 0.3) is 0 Å². The minimum Gasteiger partial charge on any atom is -0.481 e. The zero-order chi connectivity index (χ0) is 13.7. The van der Waals surface area contributed by atoms with Gasteiger partial charge < -0.3 is 5.11 Å². The van der Waals surface area contributed by atoms with E-state index >= 15 is 0 Å². The van der Waals surface area contributed by atoms with Crippen molar-refractivity contribution in [3.8, 4) is 0 Å². The molecule has 0 aliphatic heterocycles. The van der Waals surface area contributed by atoms with E-state index in [1.807, 2.05) is 17.8 Å². The molecule has 0 saturated heterocycles. The largest absolute Gasteiger partial charge is 0.481 e. The van der Waals surface area contributed by atoms with Gasteiger partial charge in [-0.2, -0.15) is 0 Å². The smallest absolute Gasteiger partial charge is 0.313 e. The summed E-state index contributed by atoms with van der Waals surface area (Å²) in [5.41, 5.74) is 0. The SMILES string of the molecule is O=C(O)CSC1CCCCC1Sc1cccc(Br)c1. The van der Waals surface area contributed by atoms with Crippen LogP contribution in [0.15, 0.2) is 33.6 Å². The molecule has 1 aliphatic rings. The van der Waals surface area contributed by atoms with Gasteiger partial charge in [-0.15, -0.1) is 23.5 Å². The summed E-state index contributed by atoms with van der Waals surface area (Å²) in [4.78, 5) is 12.0. The molecule has 2 rings (SSSR count). The lowest BCUT2D eigenvalue weighted by molar-refractivity contribution is -0.133. The number of halogens is 1. The maximum atomic E-state index is 10.7. The fraction of sp³-hybridized carbons (Fsp3) is 0.500. The highest BCUT2D eigenvalue weighted by molar-refractivity contribution is 9.10. The highest BCUT2D eigenvalue weighted by Crippen LogP contribution is 2.39.